The van der Waals surface area contributed by atoms with Crippen molar-refractivity contribution in [2.75, 3.05) is 0 Å². The Bertz CT molecular complexity index is 681. The van der Waals surface area contributed by atoms with Crippen LogP contribution in [0.5, 0.6) is 11.8 Å². The first kappa shape index (κ1) is 17.5. The van der Waals surface area contributed by atoms with Gasteiger partial charge in [0.1, 0.15) is 28.0 Å². The fourth-order valence-electron chi connectivity index (χ4n) is 1.51. The Morgan fingerprint density at radius 1 is 0.955 bits per heavy atom. The van der Waals surface area contributed by atoms with Gasteiger partial charge >= 0.3 is 0 Å². The summed E-state index contributed by atoms with van der Waals surface area (Å²) in [7, 11) is 0. The average Bonchev–Trinajstić information content (AvgIpc) is 2.38. The van der Waals surface area contributed by atoms with Crippen molar-refractivity contribution in [2.24, 2.45) is 0 Å². The minimum Gasteiger partial charge on any atom is -0.493 e. The van der Waals surface area contributed by atoms with Crippen LogP contribution in [0.25, 0.3) is 0 Å². The normalized spacial score (nSPS) is 9.18. The van der Waals surface area contributed by atoms with E-state index in [4.69, 9.17) is 43.9 Å². The van der Waals surface area contributed by atoms with E-state index in [0.29, 0.717) is 16.3 Å². The van der Waals surface area contributed by atoms with Crippen LogP contribution in [0.1, 0.15) is 22.3 Å². The smallest absolute Gasteiger partial charge is 0.232 e. The molecule has 0 aromatic carbocycles. The molecular weight excluding hydrogens is 327 g/mol. The molecule has 2 rings (SSSR count). The Morgan fingerprint density at radius 3 is 1.95 bits per heavy atom. The molecule has 0 unspecified atom stereocenters. The van der Waals surface area contributed by atoms with Crippen molar-refractivity contribution < 1.29 is 10.2 Å². The standard InChI is InChI=1S/C7H4Cl2N2.C7H6N2O2/c1-4-2-6(8)11-7(9)5(4)3-10;1-4-2-6(10)9-7(11)5(4)3-8/h2H,1H3;2H,1H3,(H2,9,10,11). The SMILES string of the molecule is Cc1cc(Cl)nc(Cl)c1C#N.Cc1cc(O)nc(O)c1C#N. The lowest BCUT2D eigenvalue weighted by molar-refractivity contribution is 0.411. The first-order valence-electron chi connectivity index (χ1n) is 5.82. The van der Waals surface area contributed by atoms with Crippen LogP contribution in [-0.2, 0) is 0 Å². The van der Waals surface area contributed by atoms with Crippen molar-refractivity contribution in [3.63, 3.8) is 0 Å². The van der Waals surface area contributed by atoms with Crippen molar-refractivity contribution in [3.8, 4) is 23.9 Å². The van der Waals surface area contributed by atoms with E-state index in [1.165, 1.54) is 6.07 Å². The van der Waals surface area contributed by atoms with Crippen LogP contribution in [0.4, 0.5) is 0 Å². The van der Waals surface area contributed by atoms with Crippen LogP contribution in [0.2, 0.25) is 10.3 Å². The van der Waals surface area contributed by atoms with Crippen LogP contribution < -0.4 is 0 Å². The molecule has 0 aliphatic carbocycles. The third kappa shape index (κ3) is 4.23. The summed E-state index contributed by atoms with van der Waals surface area (Å²) in [6, 6.07) is 6.63. The van der Waals surface area contributed by atoms with E-state index in [1.807, 2.05) is 6.07 Å². The molecular formula is C14H10Cl2N4O2. The van der Waals surface area contributed by atoms with E-state index in [1.54, 1.807) is 26.0 Å². The summed E-state index contributed by atoms with van der Waals surface area (Å²) in [6.07, 6.45) is 0. The quantitative estimate of drug-likeness (QED) is 0.713. The molecule has 0 aliphatic heterocycles. The van der Waals surface area contributed by atoms with E-state index in [-0.39, 0.29) is 16.6 Å². The number of rotatable bonds is 0. The maximum absolute atomic E-state index is 8.98. The molecule has 0 bridgehead atoms. The summed E-state index contributed by atoms with van der Waals surface area (Å²) in [5.41, 5.74) is 1.74. The predicted molar refractivity (Wildman–Crippen MR) is 80.7 cm³/mol. The van der Waals surface area contributed by atoms with Crippen molar-refractivity contribution >= 4 is 23.2 Å². The van der Waals surface area contributed by atoms with Crippen molar-refractivity contribution in [1.29, 1.82) is 10.5 Å². The number of aryl methyl sites for hydroxylation is 2. The maximum atomic E-state index is 8.98. The third-order valence-electron chi connectivity index (χ3n) is 2.55. The molecule has 0 saturated carbocycles. The molecule has 6 nitrogen and oxygen atoms in total. The summed E-state index contributed by atoms with van der Waals surface area (Å²) in [4.78, 5) is 7.01. The molecule has 2 N–H and O–H groups in total. The number of pyridine rings is 2. The highest BCUT2D eigenvalue weighted by molar-refractivity contribution is 6.33. The topological polar surface area (TPSA) is 114 Å². The molecule has 0 atom stereocenters. The van der Waals surface area contributed by atoms with Gasteiger partial charge in [0.15, 0.2) is 0 Å². The van der Waals surface area contributed by atoms with Gasteiger partial charge in [-0.1, -0.05) is 23.2 Å². The Morgan fingerprint density at radius 2 is 1.50 bits per heavy atom. The van der Waals surface area contributed by atoms with E-state index in [2.05, 4.69) is 9.97 Å². The van der Waals surface area contributed by atoms with Crippen LogP contribution in [0.15, 0.2) is 12.1 Å². The number of aromatic nitrogens is 2. The van der Waals surface area contributed by atoms with Gasteiger partial charge in [-0.05, 0) is 31.0 Å². The third-order valence-corrected chi connectivity index (χ3v) is 3.02. The van der Waals surface area contributed by atoms with Gasteiger partial charge in [0.2, 0.25) is 11.8 Å². The molecule has 0 spiro atoms. The van der Waals surface area contributed by atoms with Crippen LogP contribution in [0, 0.1) is 36.5 Å². The van der Waals surface area contributed by atoms with E-state index in [0.717, 1.165) is 5.56 Å². The monoisotopic (exact) mass is 336 g/mol. The molecule has 112 valence electrons. The fourth-order valence-corrected chi connectivity index (χ4v) is 2.08. The first-order valence-corrected chi connectivity index (χ1v) is 6.58. The molecule has 2 aromatic rings. The second-order valence-electron chi connectivity index (χ2n) is 4.15. The highest BCUT2D eigenvalue weighted by Gasteiger charge is 2.07. The largest absolute Gasteiger partial charge is 0.493 e. The zero-order valence-corrected chi connectivity index (χ0v) is 13.1. The molecule has 0 amide bonds. The van der Waals surface area contributed by atoms with E-state index < -0.39 is 5.88 Å². The van der Waals surface area contributed by atoms with Crippen molar-refractivity contribution in [3.05, 3.63) is 44.7 Å². The van der Waals surface area contributed by atoms with Crippen LogP contribution in [0.3, 0.4) is 0 Å². The highest BCUT2D eigenvalue weighted by atomic mass is 35.5. The van der Waals surface area contributed by atoms with Crippen LogP contribution in [-0.4, -0.2) is 20.2 Å². The number of hydrogen-bond acceptors (Lipinski definition) is 6. The first-order chi connectivity index (χ1) is 10.3. The van der Waals surface area contributed by atoms with Gasteiger partial charge in [-0.15, -0.1) is 0 Å². The zero-order chi connectivity index (χ0) is 16.9. The summed E-state index contributed by atoms with van der Waals surface area (Å²) >= 11 is 11.2. The van der Waals surface area contributed by atoms with Gasteiger partial charge in [-0.2, -0.15) is 15.5 Å². The van der Waals surface area contributed by atoms with E-state index in [9.17, 15) is 0 Å². The predicted octanol–water partition coefficient (Wildman–Crippen LogP) is 3.24. The zero-order valence-electron chi connectivity index (χ0n) is 11.6. The number of halogens is 2. The lowest BCUT2D eigenvalue weighted by Crippen LogP contribution is -1.87. The number of nitrogens with zero attached hydrogens (tertiary/aromatic N) is 4. The average molecular weight is 337 g/mol. The summed E-state index contributed by atoms with van der Waals surface area (Å²) in [5.74, 6) is -0.705. The van der Waals surface area contributed by atoms with Crippen LogP contribution >= 0.6 is 23.2 Å². The number of hydrogen-bond donors (Lipinski definition) is 2. The minimum atomic E-state index is -0.426. The Balaban J connectivity index is 0.000000220. The lowest BCUT2D eigenvalue weighted by Gasteiger charge is -1.98. The molecule has 0 fully saturated rings. The summed E-state index contributed by atoms with van der Waals surface area (Å²) in [5, 5.41) is 35.3. The Labute approximate surface area is 136 Å². The Hall–Kier alpha value is -2.54. The lowest BCUT2D eigenvalue weighted by atomic mass is 10.2. The summed E-state index contributed by atoms with van der Waals surface area (Å²) < 4.78 is 0. The highest BCUT2D eigenvalue weighted by Crippen LogP contribution is 2.21. The molecule has 0 radical (unpaired) electrons. The molecule has 2 heterocycles. The van der Waals surface area contributed by atoms with Gasteiger partial charge in [0.25, 0.3) is 0 Å². The molecule has 8 heteroatoms. The van der Waals surface area contributed by atoms with Crippen molar-refractivity contribution in [1.82, 2.24) is 9.97 Å². The molecule has 0 aliphatic rings. The second kappa shape index (κ2) is 7.46. The number of nitriles is 2. The van der Waals surface area contributed by atoms with E-state index >= 15 is 0 Å². The van der Waals surface area contributed by atoms with Gasteiger partial charge in [0.05, 0.1) is 5.56 Å². The number of aromatic hydroxyl groups is 2. The maximum Gasteiger partial charge on any atom is 0.232 e. The minimum absolute atomic E-state index is 0.0998. The van der Waals surface area contributed by atoms with Crippen molar-refractivity contribution in [2.45, 2.75) is 13.8 Å². The molecule has 2 aromatic heterocycles. The fraction of sp³-hybridized carbons (Fsp3) is 0.143. The Kier molecular flexibility index (Phi) is 5.94. The van der Waals surface area contributed by atoms with Gasteiger partial charge < -0.3 is 10.2 Å². The second-order valence-corrected chi connectivity index (χ2v) is 4.89. The molecule has 22 heavy (non-hydrogen) atoms. The molecule has 0 saturated heterocycles. The van der Waals surface area contributed by atoms with Gasteiger partial charge in [-0.25, -0.2) is 4.98 Å². The van der Waals surface area contributed by atoms with Gasteiger partial charge in [0, 0.05) is 6.07 Å². The van der Waals surface area contributed by atoms with Gasteiger partial charge in [-0.3, -0.25) is 0 Å². The summed E-state index contributed by atoms with van der Waals surface area (Å²) in [6.45, 7) is 3.37.